The molecule has 22 heavy (non-hydrogen) atoms. The summed E-state index contributed by atoms with van der Waals surface area (Å²) in [6.45, 7) is 4.60. The normalized spacial score (nSPS) is 38.5. The third-order valence-electron chi connectivity index (χ3n) is 6.77. The van der Waals surface area contributed by atoms with E-state index in [9.17, 15) is 4.79 Å². The number of rotatable bonds is 2. The zero-order valence-corrected chi connectivity index (χ0v) is 13.0. The predicted octanol–water partition coefficient (Wildman–Crippen LogP) is 2.94. The van der Waals surface area contributed by atoms with Crippen LogP contribution in [0.4, 0.5) is 5.69 Å². The predicted molar refractivity (Wildman–Crippen MR) is 86.7 cm³/mol. The van der Waals surface area contributed by atoms with Crippen molar-refractivity contribution in [2.24, 2.45) is 11.8 Å². The topological polar surface area (TPSA) is 32.3 Å². The van der Waals surface area contributed by atoms with Gasteiger partial charge < -0.3 is 5.32 Å². The fourth-order valence-electron chi connectivity index (χ4n) is 5.81. The summed E-state index contributed by atoms with van der Waals surface area (Å²) in [5.74, 6) is 1.08. The molecule has 0 amide bonds. The number of aldehydes is 1. The highest BCUT2D eigenvalue weighted by Crippen LogP contribution is 2.60. The molecule has 4 atom stereocenters. The van der Waals surface area contributed by atoms with Gasteiger partial charge in [-0.25, -0.2) is 0 Å². The van der Waals surface area contributed by atoms with E-state index in [0.717, 1.165) is 24.7 Å². The van der Waals surface area contributed by atoms with Gasteiger partial charge >= 0.3 is 0 Å². The van der Waals surface area contributed by atoms with Crippen LogP contribution >= 0.6 is 0 Å². The van der Waals surface area contributed by atoms with Gasteiger partial charge in [0, 0.05) is 29.5 Å². The second-order valence-electron chi connectivity index (χ2n) is 7.36. The van der Waals surface area contributed by atoms with Crippen LogP contribution in [0, 0.1) is 11.8 Å². The van der Waals surface area contributed by atoms with Crippen LogP contribution in [0.5, 0.6) is 0 Å². The molecule has 2 saturated heterocycles. The van der Waals surface area contributed by atoms with E-state index < -0.39 is 0 Å². The average Bonchev–Trinajstić information content (AvgIpc) is 3.11. The molecule has 0 aromatic heterocycles. The lowest BCUT2D eigenvalue weighted by Gasteiger charge is -2.50. The highest BCUT2D eigenvalue weighted by molar-refractivity contribution is 5.83. The number of anilines is 1. The van der Waals surface area contributed by atoms with E-state index in [4.69, 9.17) is 0 Å². The zero-order valence-electron chi connectivity index (χ0n) is 13.0. The summed E-state index contributed by atoms with van der Waals surface area (Å²) < 4.78 is 0. The number of hydrogen-bond acceptors (Lipinski definition) is 3. The Morgan fingerprint density at radius 2 is 2.27 bits per heavy atom. The molecule has 1 N–H and O–H groups in total. The van der Waals surface area contributed by atoms with Crippen molar-refractivity contribution in [2.45, 2.75) is 37.6 Å². The molecule has 3 heterocycles. The first-order valence-corrected chi connectivity index (χ1v) is 8.60. The van der Waals surface area contributed by atoms with Crippen molar-refractivity contribution in [1.29, 1.82) is 0 Å². The Labute approximate surface area is 131 Å². The van der Waals surface area contributed by atoms with Crippen molar-refractivity contribution < 1.29 is 4.79 Å². The Balaban J connectivity index is 1.79. The molecule has 3 aliphatic heterocycles. The Morgan fingerprint density at radius 1 is 1.41 bits per heavy atom. The largest absolute Gasteiger partial charge is 0.358 e. The van der Waals surface area contributed by atoms with Gasteiger partial charge in [0.25, 0.3) is 0 Å². The molecule has 5 rings (SSSR count). The number of hydrogen-bond donors (Lipinski definition) is 1. The van der Waals surface area contributed by atoms with Crippen LogP contribution in [0.2, 0.25) is 0 Å². The summed E-state index contributed by atoms with van der Waals surface area (Å²) in [7, 11) is 0. The summed E-state index contributed by atoms with van der Waals surface area (Å²) >= 11 is 0. The van der Waals surface area contributed by atoms with Crippen LogP contribution in [-0.2, 0) is 10.2 Å². The minimum absolute atomic E-state index is 0.0576. The standard InChI is InChI=1S/C19H22N2O/c1-2-12-10-21-8-7-19-15-5-3-4-6-16(15)20-18(19)14(11-22)13(12)9-17(19)21/h3-6,11-13,17,20H,2,7-10H2,1H3/t12-,13+,17+,19-/m1/s1. The van der Waals surface area contributed by atoms with Gasteiger partial charge in [-0.05, 0) is 42.9 Å². The minimum atomic E-state index is 0.0576. The van der Waals surface area contributed by atoms with Crippen molar-refractivity contribution in [1.82, 2.24) is 4.90 Å². The first-order chi connectivity index (χ1) is 10.8. The maximum atomic E-state index is 12.0. The molecule has 0 radical (unpaired) electrons. The number of nitrogens with zero attached hydrogens (tertiary/aromatic N) is 1. The number of benzene rings is 1. The highest BCUT2D eigenvalue weighted by atomic mass is 16.1. The second kappa shape index (κ2) is 4.23. The SMILES string of the molecule is CC[C@@H]1CN2CC[C@]34C(=C(C=O)[C@H]1C[C@H]23)Nc1ccccc14. The molecule has 0 saturated carbocycles. The highest BCUT2D eigenvalue weighted by Gasteiger charge is 2.61. The van der Waals surface area contributed by atoms with Crippen LogP contribution in [0.25, 0.3) is 0 Å². The van der Waals surface area contributed by atoms with Crippen molar-refractivity contribution >= 4 is 12.0 Å². The molecular weight excluding hydrogens is 272 g/mol. The zero-order chi connectivity index (χ0) is 14.9. The van der Waals surface area contributed by atoms with Gasteiger partial charge in [0.05, 0.1) is 5.41 Å². The van der Waals surface area contributed by atoms with Crippen LogP contribution in [0.3, 0.4) is 0 Å². The van der Waals surface area contributed by atoms with E-state index in [1.807, 2.05) is 0 Å². The summed E-state index contributed by atoms with van der Waals surface area (Å²) in [4.78, 5) is 14.7. The molecular formula is C19H22N2O. The fourth-order valence-corrected chi connectivity index (χ4v) is 5.81. The third-order valence-corrected chi connectivity index (χ3v) is 6.77. The number of carbonyl (C=O) groups excluding carboxylic acids is 1. The van der Waals surface area contributed by atoms with Gasteiger partial charge in [0.2, 0.25) is 0 Å². The maximum Gasteiger partial charge on any atom is 0.148 e. The van der Waals surface area contributed by atoms with Crippen molar-refractivity contribution in [3.05, 3.63) is 41.1 Å². The Bertz CT molecular complexity index is 694. The molecule has 3 nitrogen and oxygen atoms in total. The number of allylic oxidation sites excluding steroid dienone is 1. The molecule has 0 unspecified atom stereocenters. The van der Waals surface area contributed by atoms with Gasteiger partial charge in [0.15, 0.2) is 0 Å². The molecule has 1 spiro atoms. The van der Waals surface area contributed by atoms with Crippen LogP contribution in [0.1, 0.15) is 31.7 Å². The maximum absolute atomic E-state index is 12.0. The first kappa shape index (κ1) is 12.9. The summed E-state index contributed by atoms with van der Waals surface area (Å²) in [5, 5.41) is 3.65. The smallest absolute Gasteiger partial charge is 0.148 e. The van der Waals surface area contributed by atoms with Crippen molar-refractivity contribution in [2.75, 3.05) is 18.4 Å². The van der Waals surface area contributed by atoms with Crippen molar-refractivity contribution in [3.63, 3.8) is 0 Å². The van der Waals surface area contributed by atoms with Crippen molar-refractivity contribution in [3.8, 4) is 0 Å². The fraction of sp³-hybridized carbons (Fsp3) is 0.526. The van der Waals surface area contributed by atoms with Crippen LogP contribution in [-0.4, -0.2) is 30.3 Å². The molecule has 4 aliphatic rings. The first-order valence-electron chi connectivity index (χ1n) is 8.60. The quantitative estimate of drug-likeness (QED) is 0.851. The third kappa shape index (κ3) is 1.30. The molecule has 1 aromatic rings. The van der Waals surface area contributed by atoms with E-state index in [1.54, 1.807) is 0 Å². The summed E-state index contributed by atoms with van der Waals surface area (Å²) in [5.41, 5.74) is 5.01. The average molecular weight is 294 g/mol. The second-order valence-corrected chi connectivity index (χ2v) is 7.36. The number of para-hydroxylation sites is 1. The Morgan fingerprint density at radius 3 is 3.09 bits per heavy atom. The lowest BCUT2D eigenvalue weighted by Crippen LogP contribution is -2.55. The number of carbonyl (C=O) groups is 1. The van der Waals surface area contributed by atoms with Gasteiger partial charge in [-0.15, -0.1) is 0 Å². The van der Waals surface area contributed by atoms with Crippen LogP contribution in [0.15, 0.2) is 35.5 Å². The summed E-state index contributed by atoms with van der Waals surface area (Å²) in [6.07, 6.45) is 4.63. The minimum Gasteiger partial charge on any atom is -0.358 e. The molecule has 2 fully saturated rings. The molecule has 114 valence electrons. The van der Waals surface area contributed by atoms with E-state index in [1.165, 1.54) is 36.5 Å². The Kier molecular flexibility index (Phi) is 2.48. The number of nitrogens with one attached hydrogen (secondary N) is 1. The molecule has 3 heteroatoms. The molecule has 1 aromatic carbocycles. The van der Waals surface area contributed by atoms with Crippen LogP contribution < -0.4 is 5.32 Å². The molecule has 1 aliphatic carbocycles. The van der Waals surface area contributed by atoms with E-state index in [0.29, 0.717) is 17.9 Å². The van der Waals surface area contributed by atoms with E-state index in [2.05, 4.69) is 41.4 Å². The van der Waals surface area contributed by atoms with Gasteiger partial charge in [-0.1, -0.05) is 31.5 Å². The summed E-state index contributed by atoms with van der Waals surface area (Å²) in [6, 6.07) is 9.25. The lowest BCUT2D eigenvalue weighted by molar-refractivity contribution is -0.106. The monoisotopic (exact) mass is 294 g/mol. The van der Waals surface area contributed by atoms with Gasteiger partial charge in [0.1, 0.15) is 6.29 Å². The number of piperidine rings is 1. The van der Waals surface area contributed by atoms with E-state index >= 15 is 0 Å². The van der Waals surface area contributed by atoms with Gasteiger partial charge in [-0.3, -0.25) is 9.69 Å². The van der Waals surface area contributed by atoms with Gasteiger partial charge in [-0.2, -0.15) is 0 Å². The van der Waals surface area contributed by atoms with E-state index in [-0.39, 0.29) is 5.41 Å². The molecule has 2 bridgehead atoms. The lowest BCUT2D eigenvalue weighted by atomic mass is 9.60. The Hall–Kier alpha value is -1.61. The number of fused-ring (bicyclic) bond motifs is 2.